The number of H-pyrrole nitrogens is 1. The molecule has 2 saturated heterocycles. The molecule has 1 aromatic rings. The third-order valence-electron chi connectivity index (χ3n) is 4.41. The van der Waals surface area contributed by atoms with E-state index in [-0.39, 0.29) is 10.6 Å². The first-order valence-corrected chi connectivity index (χ1v) is 7.82. The van der Waals surface area contributed by atoms with Crippen molar-refractivity contribution in [2.45, 2.75) is 25.7 Å². The summed E-state index contributed by atoms with van der Waals surface area (Å²) < 4.78 is 0. The second-order valence-corrected chi connectivity index (χ2v) is 6.19. The van der Waals surface area contributed by atoms with Crippen LogP contribution in [0.1, 0.15) is 25.7 Å². The number of nitrogens with one attached hydrogen (secondary N) is 1. The van der Waals surface area contributed by atoms with Crippen LogP contribution in [0.15, 0.2) is 11.1 Å². The van der Waals surface area contributed by atoms with Crippen molar-refractivity contribution in [1.29, 1.82) is 0 Å². The molecule has 0 aromatic carbocycles. The fourth-order valence-corrected chi connectivity index (χ4v) is 3.47. The van der Waals surface area contributed by atoms with Gasteiger partial charge in [0, 0.05) is 19.6 Å². The molecule has 110 valence electrons. The topological polar surface area (TPSA) is 52.2 Å². The minimum absolute atomic E-state index is 0.213. The number of anilines is 1. The Hall–Kier alpha value is -1.07. The summed E-state index contributed by atoms with van der Waals surface area (Å²) in [5.74, 6) is 1.40. The number of hydrogen-bond acceptors (Lipinski definition) is 4. The number of rotatable bonds is 3. The quantitative estimate of drug-likeness (QED) is 0.923. The second-order valence-electron chi connectivity index (χ2n) is 5.81. The van der Waals surface area contributed by atoms with Crippen molar-refractivity contribution in [2.75, 3.05) is 37.6 Å². The first-order chi connectivity index (χ1) is 9.74. The van der Waals surface area contributed by atoms with Crippen LogP contribution in [0.5, 0.6) is 0 Å². The van der Waals surface area contributed by atoms with Crippen LogP contribution < -0.4 is 10.5 Å². The Morgan fingerprint density at radius 1 is 1.25 bits per heavy atom. The highest BCUT2D eigenvalue weighted by Gasteiger charge is 2.24. The fraction of sp³-hybridized carbons (Fsp3) is 0.714. The van der Waals surface area contributed by atoms with Gasteiger partial charge in [0.1, 0.15) is 5.02 Å². The van der Waals surface area contributed by atoms with Crippen molar-refractivity contribution in [3.8, 4) is 0 Å². The normalized spacial score (nSPS) is 21.6. The van der Waals surface area contributed by atoms with Gasteiger partial charge in [-0.25, -0.2) is 4.98 Å². The highest BCUT2D eigenvalue weighted by Crippen LogP contribution is 2.26. The van der Waals surface area contributed by atoms with Gasteiger partial charge in [-0.1, -0.05) is 11.6 Å². The van der Waals surface area contributed by atoms with Gasteiger partial charge in [-0.3, -0.25) is 4.79 Å². The molecule has 0 unspecified atom stereocenters. The maximum Gasteiger partial charge on any atom is 0.271 e. The standard InChI is InChI=1S/C14H21ClN4O/c15-12-13(16-10-17-14(12)20)19-7-3-11(4-8-19)9-18-5-1-2-6-18/h10-11H,1-9H2,(H,16,17,20). The summed E-state index contributed by atoms with van der Waals surface area (Å²) in [4.78, 5) is 23.0. The van der Waals surface area contributed by atoms with E-state index in [0.717, 1.165) is 31.8 Å². The zero-order chi connectivity index (χ0) is 13.9. The Labute approximate surface area is 123 Å². The molecule has 6 heteroatoms. The molecule has 0 bridgehead atoms. The number of piperidine rings is 1. The van der Waals surface area contributed by atoms with Gasteiger partial charge in [0.15, 0.2) is 5.82 Å². The largest absolute Gasteiger partial charge is 0.355 e. The summed E-state index contributed by atoms with van der Waals surface area (Å²) in [6.45, 7) is 5.64. The van der Waals surface area contributed by atoms with Crippen LogP contribution in [0.2, 0.25) is 5.02 Å². The summed E-state index contributed by atoms with van der Waals surface area (Å²) in [5, 5.41) is 0.213. The van der Waals surface area contributed by atoms with Crippen LogP contribution >= 0.6 is 11.6 Å². The van der Waals surface area contributed by atoms with Crippen molar-refractivity contribution in [3.05, 3.63) is 21.7 Å². The molecule has 0 radical (unpaired) electrons. The maximum atomic E-state index is 11.5. The van der Waals surface area contributed by atoms with E-state index in [1.807, 2.05) is 0 Å². The molecule has 5 nitrogen and oxygen atoms in total. The average molecular weight is 297 g/mol. The van der Waals surface area contributed by atoms with E-state index >= 15 is 0 Å². The van der Waals surface area contributed by atoms with Crippen molar-refractivity contribution < 1.29 is 0 Å². The molecule has 2 fully saturated rings. The van der Waals surface area contributed by atoms with Crippen molar-refractivity contribution in [1.82, 2.24) is 14.9 Å². The first kappa shape index (κ1) is 13.9. The van der Waals surface area contributed by atoms with E-state index in [4.69, 9.17) is 11.6 Å². The Morgan fingerprint density at radius 2 is 1.95 bits per heavy atom. The van der Waals surface area contributed by atoms with Gasteiger partial charge in [0.2, 0.25) is 0 Å². The first-order valence-electron chi connectivity index (χ1n) is 7.44. The zero-order valence-corrected chi connectivity index (χ0v) is 12.4. The van der Waals surface area contributed by atoms with Gasteiger partial charge in [0.05, 0.1) is 6.33 Å². The Kier molecular flexibility index (Phi) is 4.27. The number of aromatic nitrogens is 2. The second kappa shape index (κ2) is 6.14. The van der Waals surface area contributed by atoms with E-state index in [2.05, 4.69) is 19.8 Å². The number of nitrogens with zero attached hydrogens (tertiary/aromatic N) is 3. The van der Waals surface area contributed by atoms with Crippen LogP contribution in [0, 0.1) is 5.92 Å². The minimum Gasteiger partial charge on any atom is -0.355 e. The molecular formula is C14H21ClN4O. The molecule has 0 aliphatic carbocycles. The summed E-state index contributed by atoms with van der Waals surface area (Å²) in [7, 11) is 0. The summed E-state index contributed by atoms with van der Waals surface area (Å²) >= 11 is 6.04. The lowest BCUT2D eigenvalue weighted by Gasteiger charge is -2.34. The molecule has 0 saturated carbocycles. The molecule has 0 atom stereocenters. The van der Waals surface area contributed by atoms with Gasteiger partial charge in [-0.05, 0) is 44.7 Å². The van der Waals surface area contributed by atoms with Gasteiger partial charge < -0.3 is 14.8 Å². The number of hydrogen-bond donors (Lipinski definition) is 1. The van der Waals surface area contributed by atoms with Crippen LogP contribution in [0.3, 0.4) is 0 Å². The Morgan fingerprint density at radius 3 is 2.65 bits per heavy atom. The third kappa shape index (κ3) is 2.99. The zero-order valence-electron chi connectivity index (χ0n) is 11.6. The predicted molar refractivity (Wildman–Crippen MR) is 80.5 cm³/mol. The monoisotopic (exact) mass is 296 g/mol. The predicted octanol–water partition coefficient (Wildman–Crippen LogP) is 1.74. The summed E-state index contributed by atoms with van der Waals surface area (Å²) in [6, 6.07) is 0. The SMILES string of the molecule is O=c1[nH]cnc(N2CCC(CN3CCCC3)CC2)c1Cl. The smallest absolute Gasteiger partial charge is 0.271 e. The van der Waals surface area contributed by atoms with Gasteiger partial charge in [-0.15, -0.1) is 0 Å². The Bertz CT molecular complexity index is 504. The van der Waals surface area contributed by atoms with Crippen molar-refractivity contribution in [2.24, 2.45) is 5.92 Å². The minimum atomic E-state index is -0.254. The van der Waals surface area contributed by atoms with E-state index < -0.39 is 0 Å². The molecule has 0 spiro atoms. The lowest BCUT2D eigenvalue weighted by molar-refractivity contribution is 0.249. The molecule has 3 rings (SSSR count). The van der Waals surface area contributed by atoms with E-state index in [0.29, 0.717) is 5.82 Å². The molecule has 0 amide bonds. The van der Waals surface area contributed by atoms with Crippen LogP contribution in [-0.2, 0) is 0 Å². The third-order valence-corrected chi connectivity index (χ3v) is 4.75. The molecule has 3 heterocycles. The summed E-state index contributed by atoms with van der Waals surface area (Å²) in [5.41, 5.74) is -0.254. The van der Waals surface area contributed by atoms with Crippen LogP contribution in [-0.4, -0.2) is 47.6 Å². The molecule has 2 aliphatic heterocycles. The number of aromatic amines is 1. The number of likely N-dealkylation sites (tertiary alicyclic amines) is 1. The van der Waals surface area contributed by atoms with Gasteiger partial charge in [-0.2, -0.15) is 0 Å². The molecule has 1 N–H and O–H groups in total. The lowest BCUT2D eigenvalue weighted by atomic mass is 9.96. The van der Waals surface area contributed by atoms with Crippen molar-refractivity contribution >= 4 is 17.4 Å². The highest BCUT2D eigenvalue weighted by molar-refractivity contribution is 6.32. The lowest BCUT2D eigenvalue weighted by Crippen LogP contribution is -2.39. The molecule has 1 aromatic heterocycles. The Balaban J connectivity index is 1.58. The number of halogens is 1. The van der Waals surface area contributed by atoms with E-state index in [1.165, 1.54) is 38.8 Å². The maximum absolute atomic E-state index is 11.5. The van der Waals surface area contributed by atoms with Gasteiger partial charge in [0.25, 0.3) is 5.56 Å². The van der Waals surface area contributed by atoms with E-state index in [9.17, 15) is 4.79 Å². The van der Waals surface area contributed by atoms with Crippen LogP contribution in [0.25, 0.3) is 0 Å². The molecule has 2 aliphatic rings. The highest BCUT2D eigenvalue weighted by atomic mass is 35.5. The molecular weight excluding hydrogens is 276 g/mol. The summed E-state index contributed by atoms with van der Waals surface area (Å²) in [6.07, 6.45) is 6.44. The van der Waals surface area contributed by atoms with Gasteiger partial charge >= 0.3 is 0 Å². The van der Waals surface area contributed by atoms with E-state index in [1.54, 1.807) is 0 Å². The average Bonchev–Trinajstić information content (AvgIpc) is 2.96. The van der Waals surface area contributed by atoms with Crippen molar-refractivity contribution in [3.63, 3.8) is 0 Å². The fourth-order valence-electron chi connectivity index (χ4n) is 3.25. The molecule has 20 heavy (non-hydrogen) atoms. The van der Waals surface area contributed by atoms with Crippen LogP contribution in [0.4, 0.5) is 5.82 Å².